The standard InChI is InChI=1S/C22H32N4O3/c1-4-6-17(21(28)23-9-5-2)15-20-19(14-16(3)25-20)22(29)24-10-13-26-11-7-18(27)8-12-26/h4-6,9,14-15,18,25,27H,7-8,10-13H2,1-3H3,(H,23,28)(H,24,29)/b6-4+,9-5+,17-15-. The Kier molecular flexibility index (Phi) is 8.89. The lowest BCUT2D eigenvalue weighted by Crippen LogP contribution is -2.40. The van der Waals surface area contributed by atoms with Gasteiger partial charge in [0.05, 0.1) is 17.4 Å². The molecule has 1 fully saturated rings. The van der Waals surface area contributed by atoms with Gasteiger partial charge in [0.25, 0.3) is 11.8 Å². The second-order valence-electron chi connectivity index (χ2n) is 7.18. The third kappa shape index (κ3) is 7.03. The monoisotopic (exact) mass is 400 g/mol. The molecule has 7 heteroatoms. The van der Waals surface area contributed by atoms with Gasteiger partial charge in [0, 0.05) is 37.4 Å². The minimum atomic E-state index is -0.243. The summed E-state index contributed by atoms with van der Waals surface area (Å²) < 4.78 is 0. The first-order valence-corrected chi connectivity index (χ1v) is 10.1. The van der Waals surface area contributed by atoms with Gasteiger partial charge >= 0.3 is 0 Å². The molecule has 1 aromatic rings. The number of carbonyl (C=O) groups excluding carboxylic acids is 2. The fourth-order valence-electron chi connectivity index (χ4n) is 3.24. The van der Waals surface area contributed by atoms with Crippen molar-refractivity contribution in [1.29, 1.82) is 0 Å². The number of carbonyl (C=O) groups is 2. The van der Waals surface area contributed by atoms with Crippen molar-refractivity contribution in [2.24, 2.45) is 0 Å². The molecule has 158 valence electrons. The van der Waals surface area contributed by atoms with Gasteiger partial charge in [-0.2, -0.15) is 0 Å². The van der Waals surface area contributed by atoms with Crippen LogP contribution < -0.4 is 10.6 Å². The summed E-state index contributed by atoms with van der Waals surface area (Å²) in [5.41, 5.74) is 2.41. The summed E-state index contributed by atoms with van der Waals surface area (Å²) in [6.45, 7) is 8.52. The topological polar surface area (TPSA) is 97.5 Å². The molecular formula is C22H32N4O3. The minimum Gasteiger partial charge on any atom is -0.393 e. The summed E-state index contributed by atoms with van der Waals surface area (Å²) in [4.78, 5) is 30.4. The molecule has 0 spiro atoms. The van der Waals surface area contributed by atoms with E-state index in [1.165, 1.54) is 0 Å². The number of hydrogen-bond donors (Lipinski definition) is 4. The maximum Gasteiger partial charge on any atom is 0.255 e. The van der Waals surface area contributed by atoms with E-state index in [1.807, 2.05) is 20.8 Å². The minimum absolute atomic E-state index is 0.175. The molecule has 1 aliphatic heterocycles. The van der Waals surface area contributed by atoms with Crippen molar-refractivity contribution in [3.63, 3.8) is 0 Å². The van der Waals surface area contributed by atoms with E-state index in [0.29, 0.717) is 23.4 Å². The first-order chi connectivity index (χ1) is 13.9. The number of aromatic nitrogens is 1. The number of rotatable bonds is 8. The molecule has 1 saturated heterocycles. The summed E-state index contributed by atoms with van der Waals surface area (Å²) in [6, 6.07) is 1.79. The molecular weight excluding hydrogens is 368 g/mol. The highest BCUT2D eigenvalue weighted by atomic mass is 16.3. The van der Waals surface area contributed by atoms with Gasteiger partial charge in [-0.25, -0.2) is 0 Å². The summed E-state index contributed by atoms with van der Waals surface area (Å²) in [7, 11) is 0. The smallest absolute Gasteiger partial charge is 0.255 e. The van der Waals surface area contributed by atoms with Crippen LogP contribution in [0.1, 0.15) is 48.4 Å². The molecule has 0 aromatic carbocycles. The fourth-order valence-corrected chi connectivity index (χ4v) is 3.24. The van der Waals surface area contributed by atoms with Crippen LogP contribution in [0.2, 0.25) is 0 Å². The van der Waals surface area contributed by atoms with Gasteiger partial charge in [0.15, 0.2) is 0 Å². The van der Waals surface area contributed by atoms with Crippen LogP contribution in [-0.2, 0) is 4.79 Å². The molecule has 0 saturated carbocycles. The Balaban J connectivity index is 2.05. The van der Waals surface area contributed by atoms with E-state index in [0.717, 1.165) is 38.2 Å². The number of aryl methyl sites for hydroxylation is 1. The molecule has 4 N–H and O–H groups in total. The van der Waals surface area contributed by atoms with Crippen LogP contribution in [0.4, 0.5) is 0 Å². The Hall–Kier alpha value is -2.64. The number of nitrogens with zero attached hydrogens (tertiary/aromatic N) is 1. The van der Waals surface area contributed by atoms with Gasteiger partial charge in [-0.15, -0.1) is 0 Å². The van der Waals surface area contributed by atoms with Crippen molar-refractivity contribution in [3.8, 4) is 0 Å². The van der Waals surface area contributed by atoms with Crippen LogP contribution >= 0.6 is 0 Å². The second-order valence-corrected chi connectivity index (χ2v) is 7.18. The van der Waals surface area contributed by atoms with Crippen LogP contribution in [0.15, 0.2) is 36.1 Å². The lowest BCUT2D eigenvalue weighted by atomic mass is 10.1. The number of aliphatic hydroxyl groups is 1. The normalized spacial score (nSPS) is 16.6. The summed E-state index contributed by atoms with van der Waals surface area (Å²) >= 11 is 0. The van der Waals surface area contributed by atoms with Crippen molar-refractivity contribution < 1.29 is 14.7 Å². The Morgan fingerprint density at radius 1 is 1.28 bits per heavy atom. The van der Waals surface area contributed by atoms with Crippen molar-refractivity contribution in [2.75, 3.05) is 26.2 Å². The SMILES string of the molecule is C/C=C/NC(=O)C(=C\c1[nH]c(C)cc1C(=O)NCCN1CCC(O)CC1)/C=C/C. The number of aliphatic hydroxyl groups excluding tert-OH is 1. The van der Waals surface area contributed by atoms with Crippen LogP contribution in [0, 0.1) is 6.92 Å². The second kappa shape index (κ2) is 11.4. The van der Waals surface area contributed by atoms with Gasteiger partial charge in [-0.3, -0.25) is 9.59 Å². The Morgan fingerprint density at radius 2 is 2.00 bits per heavy atom. The van der Waals surface area contributed by atoms with Gasteiger partial charge in [-0.1, -0.05) is 18.2 Å². The number of hydrogen-bond acceptors (Lipinski definition) is 4. The highest BCUT2D eigenvalue weighted by Crippen LogP contribution is 2.16. The number of allylic oxidation sites excluding steroid dienone is 2. The molecule has 0 aliphatic carbocycles. The van der Waals surface area contributed by atoms with E-state index in [9.17, 15) is 14.7 Å². The molecule has 0 atom stereocenters. The number of H-pyrrole nitrogens is 1. The molecule has 2 rings (SSSR count). The summed E-state index contributed by atoms with van der Waals surface area (Å²) in [5.74, 6) is -0.418. The average molecular weight is 401 g/mol. The maximum atomic E-state index is 12.7. The Labute approximate surface area is 172 Å². The molecule has 1 aromatic heterocycles. The van der Waals surface area contributed by atoms with E-state index in [2.05, 4.69) is 20.5 Å². The zero-order valence-corrected chi connectivity index (χ0v) is 17.5. The predicted molar refractivity (Wildman–Crippen MR) is 115 cm³/mol. The molecule has 2 amide bonds. The molecule has 0 unspecified atom stereocenters. The molecule has 1 aliphatic rings. The summed E-state index contributed by atoms with van der Waals surface area (Å²) in [6.07, 6.45) is 9.86. The number of nitrogens with one attached hydrogen (secondary N) is 3. The number of aromatic amines is 1. The van der Waals surface area contributed by atoms with Crippen molar-refractivity contribution >= 4 is 17.9 Å². The molecule has 2 heterocycles. The highest BCUT2D eigenvalue weighted by Gasteiger charge is 2.18. The largest absolute Gasteiger partial charge is 0.393 e. The predicted octanol–water partition coefficient (Wildman–Crippen LogP) is 2.12. The fraction of sp³-hybridized carbons (Fsp3) is 0.455. The van der Waals surface area contributed by atoms with E-state index in [-0.39, 0.29) is 17.9 Å². The summed E-state index contributed by atoms with van der Waals surface area (Å²) in [5, 5.41) is 15.2. The first kappa shape index (κ1) is 22.6. The zero-order chi connectivity index (χ0) is 21.2. The van der Waals surface area contributed by atoms with Crippen LogP contribution in [0.25, 0.3) is 6.08 Å². The van der Waals surface area contributed by atoms with Crippen molar-refractivity contribution in [1.82, 2.24) is 20.5 Å². The quantitative estimate of drug-likeness (QED) is 0.397. The lowest BCUT2D eigenvalue weighted by Gasteiger charge is -2.29. The Bertz CT molecular complexity index is 784. The van der Waals surface area contributed by atoms with E-state index < -0.39 is 0 Å². The van der Waals surface area contributed by atoms with E-state index >= 15 is 0 Å². The van der Waals surface area contributed by atoms with Crippen LogP contribution in [0.3, 0.4) is 0 Å². The van der Waals surface area contributed by atoms with Crippen molar-refractivity contribution in [3.05, 3.63) is 53.0 Å². The van der Waals surface area contributed by atoms with Gasteiger partial charge in [-0.05, 0) is 52.0 Å². The Morgan fingerprint density at radius 3 is 2.66 bits per heavy atom. The number of piperidine rings is 1. The third-order valence-corrected chi connectivity index (χ3v) is 4.79. The zero-order valence-electron chi connectivity index (χ0n) is 17.5. The van der Waals surface area contributed by atoms with Crippen molar-refractivity contribution in [2.45, 2.75) is 39.7 Å². The van der Waals surface area contributed by atoms with E-state index in [1.54, 1.807) is 36.6 Å². The van der Waals surface area contributed by atoms with Crippen LogP contribution in [0.5, 0.6) is 0 Å². The lowest BCUT2D eigenvalue weighted by molar-refractivity contribution is -0.116. The van der Waals surface area contributed by atoms with Gasteiger partial charge in [0.1, 0.15) is 0 Å². The molecule has 7 nitrogen and oxygen atoms in total. The van der Waals surface area contributed by atoms with Gasteiger partial charge in [0.2, 0.25) is 0 Å². The molecule has 29 heavy (non-hydrogen) atoms. The maximum absolute atomic E-state index is 12.7. The molecule has 0 bridgehead atoms. The third-order valence-electron chi connectivity index (χ3n) is 4.79. The number of amides is 2. The number of likely N-dealkylation sites (tertiary alicyclic amines) is 1. The van der Waals surface area contributed by atoms with Gasteiger partial charge < -0.3 is 25.6 Å². The molecule has 0 radical (unpaired) electrons. The van der Waals surface area contributed by atoms with Crippen LogP contribution in [-0.4, -0.2) is 59.1 Å². The first-order valence-electron chi connectivity index (χ1n) is 10.1. The van der Waals surface area contributed by atoms with E-state index in [4.69, 9.17) is 0 Å². The average Bonchev–Trinajstić information content (AvgIpc) is 3.07. The highest BCUT2D eigenvalue weighted by molar-refractivity contribution is 6.03.